The Morgan fingerprint density at radius 3 is 2.85 bits per heavy atom. The van der Waals surface area contributed by atoms with E-state index >= 15 is 0 Å². The molecule has 110 valence electrons. The summed E-state index contributed by atoms with van der Waals surface area (Å²) in [5, 5.41) is 0. The number of ketones is 1. The molecule has 0 amide bonds. The Bertz CT molecular complexity index is 450. The minimum absolute atomic E-state index is 0.138. The van der Waals surface area contributed by atoms with E-state index in [1.807, 2.05) is 38.1 Å². The van der Waals surface area contributed by atoms with Crippen LogP contribution in [0.5, 0.6) is 5.75 Å². The third-order valence-electron chi connectivity index (χ3n) is 4.22. The predicted octanol–water partition coefficient (Wildman–Crippen LogP) is 4.87. The second-order valence-corrected chi connectivity index (χ2v) is 6.20. The van der Waals surface area contributed by atoms with Crippen LogP contribution in [0.25, 0.3) is 0 Å². The fourth-order valence-electron chi connectivity index (χ4n) is 3.13. The summed E-state index contributed by atoms with van der Waals surface area (Å²) in [5.41, 5.74) is 0.810. The minimum atomic E-state index is 0.138. The molecule has 2 unspecified atom stereocenters. The van der Waals surface area contributed by atoms with Crippen molar-refractivity contribution in [2.45, 2.75) is 59.0 Å². The highest BCUT2D eigenvalue weighted by atomic mass is 16.5. The maximum Gasteiger partial charge on any atom is 0.166 e. The van der Waals surface area contributed by atoms with Crippen molar-refractivity contribution in [2.75, 3.05) is 0 Å². The zero-order valence-electron chi connectivity index (χ0n) is 12.9. The van der Waals surface area contributed by atoms with E-state index in [0.29, 0.717) is 5.78 Å². The van der Waals surface area contributed by atoms with Gasteiger partial charge in [0.05, 0.1) is 6.10 Å². The minimum Gasteiger partial charge on any atom is -0.491 e. The van der Waals surface area contributed by atoms with Gasteiger partial charge in [-0.2, -0.15) is 0 Å². The van der Waals surface area contributed by atoms with Crippen molar-refractivity contribution in [3.63, 3.8) is 0 Å². The summed E-state index contributed by atoms with van der Waals surface area (Å²) in [7, 11) is 0. The number of hydrogen-bond donors (Lipinski definition) is 0. The fraction of sp³-hybridized carbons (Fsp3) is 0.611. The Morgan fingerprint density at radius 2 is 2.15 bits per heavy atom. The molecule has 2 atom stereocenters. The second-order valence-electron chi connectivity index (χ2n) is 6.20. The van der Waals surface area contributed by atoms with E-state index in [1.165, 1.54) is 19.3 Å². The molecular weight excluding hydrogens is 248 g/mol. The molecule has 1 aromatic carbocycles. The van der Waals surface area contributed by atoms with Gasteiger partial charge < -0.3 is 4.74 Å². The van der Waals surface area contributed by atoms with Crippen LogP contribution in [0, 0.1) is 11.8 Å². The van der Waals surface area contributed by atoms with Crippen molar-refractivity contribution in [3.8, 4) is 5.75 Å². The van der Waals surface area contributed by atoms with E-state index < -0.39 is 0 Å². The Labute approximate surface area is 122 Å². The van der Waals surface area contributed by atoms with Gasteiger partial charge in [0.25, 0.3) is 0 Å². The predicted molar refractivity (Wildman–Crippen MR) is 82.3 cm³/mol. The molecule has 2 heteroatoms. The van der Waals surface area contributed by atoms with E-state index in [-0.39, 0.29) is 12.0 Å². The molecule has 2 nitrogen and oxygen atoms in total. The van der Waals surface area contributed by atoms with Crippen molar-refractivity contribution in [2.24, 2.45) is 11.8 Å². The highest BCUT2D eigenvalue weighted by molar-refractivity contribution is 5.98. The SMILES string of the molecule is CCC1CCCC(C(=O)c2cccc(OC(C)C)c2)C1. The summed E-state index contributed by atoms with van der Waals surface area (Å²) in [5.74, 6) is 2.04. The molecule has 1 aliphatic carbocycles. The molecule has 0 N–H and O–H groups in total. The van der Waals surface area contributed by atoms with Gasteiger partial charge in [-0.1, -0.05) is 38.3 Å². The molecule has 1 aliphatic rings. The lowest BCUT2D eigenvalue weighted by molar-refractivity contribution is 0.0861. The lowest BCUT2D eigenvalue weighted by Gasteiger charge is -2.27. The zero-order valence-corrected chi connectivity index (χ0v) is 12.9. The first-order chi connectivity index (χ1) is 9.60. The van der Waals surface area contributed by atoms with Gasteiger partial charge in [0.15, 0.2) is 5.78 Å². The molecule has 20 heavy (non-hydrogen) atoms. The Morgan fingerprint density at radius 1 is 1.35 bits per heavy atom. The average molecular weight is 274 g/mol. The van der Waals surface area contributed by atoms with Gasteiger partial charge in [-0.25, -0.2) is 0 Å². The molecule has 0 heterocycles. The first-order valence-electron chi connectivity index (χ1n) is 7.91. The topological polar surface area (TPSA) is 26.3 Å². The molecule has 1 saturated carbocycles. The fourth-order valence-corrected chi connectivity index (χ4v) is 3.13. The van der Waals surface area contributed by atoms with Crippen LogP contribution in [0.4, 0.5) is 0 Å². The van der Waals surface area contributed by atoms with Gasteiger partial charge in [0.1, 0.15) is 5.75 Å². The molecule has 0 spiro atoms. The van der Waals surface area contributed by atoms with Crippen molar-refractivity contribution < 1.29 is 9.53 Å². The van der Waals surface area contributed by atoms with Crippen molar-refractivity contribution in [3.05, 3.63) is 29.8 Å². The van der Waals surface area contributed by atoms with Crippen LogP contribution in [-0.2, 0) is 0 Å². The molecule has 1 fully saturated rings. The molecule has 0 bridgehead atoms. The lowest BCUT2D eigenvalue weighted by atomic mass is 9.77. The van der Waals surface area contributed by atoms with Gasteiger partial charge in [-0.15, -0.1) is 0 Å². The normalized spacial score (nSPS) is 22.8. The van der Waals surface area contributed by atoms with Crippen molar-refractivity contribution >= 4 is 5.78 Å². The van der Waals surface area contributed by atoms with Crippen LogP contribution >= 0.6 is 0 Å². The number of Topliss-reactive ketones (excluding diaryl/α,β-unsaturated/α-hetero) is 1. The van der Waals surface area contributed by atoms with Crippen LogP contribution in [0.1, 0.15) is 63.2 Å². The summed E-state index contributed by atoms with van der Waals surface area (Å²) in [6, 6.07) is 7.67. The molecule has 2 rings (SSSR count). The molecule has 0 radical (unpaired) electrons. The summed E-state index contributed by atoms with van der Waals surface area (Å²) in [4.78, 5) is 12.6. The van der Waals surface area contributed by atoms with Crippen LogP contribution in [0.15, 0.2) is 24.3 Å². The van der Waals surface area contributed by atoms with Crippen LogP contribution in [0.3, 0.4) is 0 Å². The smallest absolute Gasteiger partial charge is 0.166 e. The molecule has 0 saturated heterocycles. The largest absolute Gasteiger partial charge is 0.491 e. The Hall–Kier alpha value is -1.31. The summed E-state index contributed by atoms with van der Waals surface area (Å²) in [6.07, 6.45) is 5.92. The zero-order chi connectivity index (χ0) is 14.5. The number of carbonyl (C=O) groups excluding carboxylic acids is 1. The summed E-state index contributed by atoms with van der Waals surface area (Å²) >= 11 is 0. The van der Waals surface area contributed by atoms with Crippen molar-refractivity contribution in [1.82, 2.24) is 0 Å². The van der Waals surface area contributed by atoms with Gasteiger partial charge >= 0.3 is 0 Å². The van der Waals surface area contributed by atoms with Gasteiger partial charge in [0.2, 0.25) is 0 Å². The van der Waals surface area contributed by atoms with Crippen molar-refractivity contribution in [1.29, 1.82) is 0 Å². The molecular formula is C18H26O2. The third kappa shape index (κ3) is 3.84. The monoisotopic (exact) mass is 274 g/mol. The standard InChI is InChI=1S/C18H26O2/c1-4-14-7-5-8-15(11-14)18(19)16-9-6-10-17(12-16)20-13(2)3/h6,9-10,12-15H,4-5,7-8,11H2,1-3H3. The third-order valence-corrected chi connectivity index (χ3v) is 4.22. The first-order valence-corrected chi connectivity index (χ1v) is 7.91. The number of ether oxygens (including phenoxy) is 1. The number of benzene rings is 1. The molecule has 1 aromatic rings. The number of rotatable bonds is 5. The molecule has 0 aliphatic heterocycles. The van der Waals surface area contributed by atoms with E-state index in [4.69, 9.17) is 4.74 Å². The quantitative estimate of drug-likeness (QED) is 0.716. The van der Waals surface area contributed by atoms with Crippen LogP contribution < -0.4 is 4.74 Å². The Kier molecular flexibility index (Phi) is 5.22. The first kappa shape index (κ1) is 15.1. The Balaban J connectivity index is 2.08. The second kappa shape index (κ2) is 6.92. The van der Waals surface area contributed by atoms with Crippen LogP contribution in [-0.4, -0.2) is 11.9 Å². The van der Waals surface area contributed by atoms with E-state index in [0.717, 1.165) is 30.1 Å². The summed E-state index contributed by atoms with van der Waals surface area (Å²) < 4.78 is 5.68. The van der Waals surface area contributed by atoms with Gasteiger partial charge in [-0.3, -0.25) is 4.79 Å². The van der Waals surface area contributed by atoms with Gasteiger partial charge in [-0.05, 0) is 44.7 Å². The number of carbonyl (C=O) groups is 1. The maximum absolute atomic E-state index is 12.6. The average Bonchev–Trinajstić information content (AvgIpc) is 2.46. The van der Waals surface area contributed by atoms with Gasteiger partial charge in [0, 0.05) is 11.5 Å². The van der Waals surface area contributed by atoms with E-state index in [1.54, 1.807) is 0 Å². The summed E-state index contributed by atoms with van der Waals surface area (Å²) in [6.45, 7) is 6.23. The van der Waals surface area contributed by atoms with E-state index in [9.17, 15) is 4.79 Å². The molecule has 0 aromatic heterocycles. The van der Waals surface area contributed by atoms with E-state index in [2.05, 4.69) is 6.92 Å². The highest BCUT2D eigenvalue weighted by Gasteiger charge is 2.27. The lowest BCUT2D eigenvalue weighted by Crippen LogP contribution is -2.23. The maximum atomic E-state index is 12.6. The van der Waals surface area contributed by atoms with Crippen LogP contribution in [0.2, 0.25) is 0 Å². The highest BCUT2D eigenvalue weighted by Crippen LogP contribution is 2.33. The number of hydrogen-bond acceptors (Lipinski definition) is 2.